The highest BCUT2D eigenvalue weighted by atomic mass is 16.5. The number of nitrogens with zero attached hydrogens (tertiary/aromatic N) is 2. The van der Waals surface area contributed by atoms with E-state index in [1.807, 2.05) is 55.4 Å². The lowest BCUT2D eigenvalue weighted by Crippen LogP contribution is -2.35. The molecule has 7 saturated carbocycles. The maximum atomic E-state index is 5.84. The van der Waals surface area contributed by atoms with Crippen molar-refractivity contribution in [3.05, 3.63) is 0 Å². The van der Waals surface area contributed by atoms with Crippen molar-refractivity contribution in [2.45, 2.75) is 401 Å². The highest BCUT2D eigenvalue weighted by Gasteiger charge is 2.32. The molecule has 8 fully saturated rings. The third-order valence-electron chi connectivity index (χ3n) is 21.7. The van der Waals surface area contributed by atoms with E-state index in [4.69, 9.17) is 21.9 Å². The van der Waals surface area contributed by atoms with E-state index in [0.29, 0.717) is 39.8 Å². The molecule has 0 aromatic heterocycles. The van der Waals surface area contributed by atoms with Crippen LogP contribution < -0.4 is 27.8 Å². The van der Waals surface area contributed by atoms with Crippen molar-refractivity contribution in [3.8, 4) is 0 Å². The second-order valence-corrected chi connectivity index (χ2v) is 33.4. The van der Waals surface area contributed by atoms with Gasteiger partial charge in [0.15, 0.2) is 0 Å². The Bertz CT molecular complexity index is 1390. The first-order chi connectivity index (χ1) is 41.7. The fourth-order valence-corrected chi connectivity index (χ4v) is 14.1. The van der Waals surface area contributed by atoms with Crippen LogP contribution in [0.4, 0.5) is 0 Å². The molecule has 0 amide bonds. The zero-order valence-electron chi connectivity index (χ0n) is 67.3. The average Bonchev–Trinajstić information content (AvgIpc) is 3.57. The van der Waals surface area contributed by atoms with Crippen LogP contribution in [0, 0.1) is 69.0 Å². The molecule has 1 aliphatic heterocycles. The number of ether oxygens (including phenoxy) is 1. The topological polar surface area (TPSA) is 118 Å². The van der Waals surface area contributed by atoms with Crippen molar-refractivity contribution >= 4 is 0 Å². The van der Waals surface area contributed by atoms with Crippen molar-refractivity contribution in [2.24, 2.45) is 86.2 Å². The van der Waals surface area contributed by atoms with Crippen LogP contribution in [-0.4, -0.2) is 108 Å². The minimum absolute atomic E-state index is 0.490. The molecule has 0 bridgehead atoms. The van der Waals surface area contributed by atoms with E-state index in [-0.39, 0.29) is 0 Å². The van der Waals surface area contributed by atoms with Crippen LogP contribution in [0.15, 0.2) is 0 Å². The van der Waals surface area contributed by atoms with Gasteiger partial charge in [0.1, 0.15) is 0 Å². The molecule has 89 heavy (non-hydrogen) atoms. The fraction of sp³-hybridized carbons (Fsp3) is 1.00. The maximum absolute atomic E-state index is 5.84. The third-order valence-corrected chi connectivity index (χ3v) is 21.7. The second kappa shape index (κ2) is 54.8. The molecule has 8 heteroatoms. The number of hydrogen-bond donors (Lipinski definition) is 5. The lowest BCUT2D eigenvalue weighted by Gasteiger charge is -2.39. The van der Waals surface area contributed by atoms with Gasteiger partial charge in [0, 0.05) is 55.5 Å². The average molecular weight is 1270 g/mol. The molecule has 8 nitrogen and oxygen atoms in total. The lowest BCUT2D eigenvalue weighted by atomic mass is 9.71. The van der Waals surface area contributed by atoms with Gasteiger partial charge in [-0.05, 0) is 304 Å². The first-order valence-corrected chi connectivity index (χ1v) is 39.2. The molecular formula is C81H177N7O. The van der Waals surface area contributed by atoms with Crippen LogP contribution >= 0.6 is 0 Å². The molecule has 0 unspecified atom stereocenters. The van der Waals surface area contributed by atoms with Crippen molar-refractivity contribution in [3.63, 3.8) is 0 Å². The molecule has 1 heterocycles. The summed E-state index contributed by atoms with van der Waals surface area (Å²) in [4.78, 5) is 4.75. The lowest BCUT2D eigenvalue weighted by molar-refractivity contribution is 0.0286. The normalized spacial score (nSPS) is 30.6. The Morgan fingerprint density at radius 3 is 0.674 bits per heavy atom. The summed E-state index contributed by atoms with van der Waals surface area (Å²) in [5, 5.41) is 6.70. The molecule has 7 aliphatic carbocycles. The zero-order chi connectivity index (χ0) is 69.6. The van der Waals surface area contributed by atoms with Crippen LogP contribution in [0.2, 0.25) is 0 Å². The van der Waals surface area contributed by atoms with Gasteiger partial charge in [-0.2, -0.15) is 0 Å². The van der Waals surface area contributed by atoms with Gasteiger partial charge in [-0.25, -0.2) is 0 Å². The predicted molar refractivity (Wildman–Crippen MR) is 408 cm³/mol. The molecule has 8 aliphatic rings. The number of rotatable bonds is 4. The highest BCUT2D eigenvalue weighted by molar-refractivity contribution is 4.85. The predicted octanol–water partition coefficient (Wildman–Crippen LogP) is 22.0. The first-order valence-electron chi connectivity index (χ1n) is 39.2. The number of hydrogen-bond acceptors (Lipinski definition) is 8. The first kappa shape index (κ1) is 95.1. The van der Waals surface area contributed by atoms with Gasteiger partial charge in [-0.15, -0.1) is 0 Å². The largest absolute Gasteiger partial charge is 0.381 e. The molecule has 0 aromatic rings. The van der Waals surface area contributed by atoms with E-state index in [9.17, 15) is 0 Å². The van der Waals surface area contributed by atoms with Crippen molar-refractivity contribution < 1.29 is 4.74 Å². The van der Waals surface area contributed by atoms with Gasteiger partial charge < -0.3 is 42.4 Å². The summed E-state index contributed by atoms with van der Waals surface area (Å²) in [6.45, 7) is 55.5. The van der Waals surface area contributed by atoms with Gasteiger partial charge >= 0.3 is 0 Å². The second-order valence-electron chi connectivity index (χ2n) is 33.4. The molecule has 0 aromatic carbocycles. The van der Waals surface area contributed by atoms with Crippen LogP contribution in [0.3, 0.4) is 0 Å². The minimum atomic E-state index is 0.490. The summed E-state index contributed by atoms with van der Waals surface area (Å²) >= 11 is 0. The monoisotopic (exact) mass is 1260 g/mol. The zero-order valence-corrected chi connectivity index (χ0v) is 67.3. The smallest absolute Gasteiger partial charge is 0.0468 e. The standard InChI is InChI=1S/C12H25N.C11H23N.C10H21N.C9H19N.C9H18O.C8H17N.2C7H15N.4C2H6/c1-12(2,3)10-6-8-11(9-7-10)13(4)5;1-11(2,3)9-5-7-10(12-4)8-6-9;1-10(2,3)8-4-6-9(11)7-5-8;1-8-4-6-9(7-5-8)10(2)3;1-9(2,3)8-4-6-10-7-5-8;1-7-3-5-8(9-2)6-4-7;2*1-6-2-4-7(8)5-3-6;4*1-2/h10-11H,6-9H2,1-5H3;9-10,12H,5-8H2,1-4H3;8-9H,4-7,11H2,1-3H3;8-9H,4-7H2,1-3H3;8H,4-7H2,1-3H3;7-9H,3-6H2,1-2H3;2*6-7H,2-5,8H2,1H3;4*1-2H3. The van der Waals surface area contributed by atoms with Crippen LogP contribution in [0.1, 0.15) is 359 Å². The minimum Gasteiger partial charge on any atom is -0.381 e. The summed E-state index contributed by atoms with van der Waals surface area (Å²) in [6.07, 6.45) is 40.6. The number of nitrogens with one attached hydrogen (secondary N) is 2. The SMILES string of the molecule is CC.CC.CC.CC.CC(C)(C)C1CCC(N)CC1.CC(C)(C)C1CCOCC1.CC1CCC(N(C)C)CC1.CC1CCC(N)CC1.CC1CCC(N)CC1.CN(C)C1CCC(C(C)(C)C)CC1.CNC1CCC(C(C)(C)C)CC1.CNC1CCC(C)CC1. The molecule has 0 atom stereocenters. The Morgan fingerprint density at radius 1 is 0.281 bits per heavy atom. The summed E-state index contributed by atoms with van der Waals surface area (Å²) < 4.78 is 5.29. The van der Waals surface area contributed by atoms with Gasteiger partial charge in [0.05, 0.1) is 0 Å². The highest BCUT2D eigenvalue weighted by Crippen LogP contribution is 2.40. The summed E-state index contributed by atoms with van der Waals surface area (Å²) in [5.41, 5.74) is 19.3. The number of nitrogens with two attached hydrogens (primary N) is 3. The molecule has 1 saturated heterocycles. The van der Waals surface area contributed by atoms with Crippen molar-refractivity contribution in [2.75, 3.05) is 55.5 Å². The fourth-order valence-electron chi connectivity index (χ4n) is 14.1. The molecule has 0 radical (unpaired) electrons. The van der Waals surface area contributed by atoms with E-state index in [1.54, 1.807) is 0 Å². The van der Waals surface area contributed by atoms with E-state index in [2.05, 4.69) is 173 Å². The van der Waals surface area contributed by atoms with E-state index in [0.717, 1.165) is 84.7 Å². The van der Waals surface area contributed by atoms with Gasteiger partial charge in [0.2, 0.25) is 0 Å². The van der Waals surface area contributed by atoms with E-state index < -0.39 is 0 Å². The van der Waals surface area contributed by atoms with Gasteiger partial charge in [0.25, 0.3) is 0 Å². The van der Waals surface area contributed by atoms with Crippen molar-refractivity contribution in [1.82, 2.24) is 20.4 Å². The van der Waals surface area contributed by atoms with Crippen LogP contribution in [0.25, 0.3) is 0 Å². The van der Waals surface area contributed by atoms with Crippen LogP contribution in [0.5, 0.6) is 0 Å². The van der Waals surface area contributed by atoms with E-state index >= 15 is 0 Å². The molecule has 8 N–H and O–H groups in total. The Balaban J connectivity index is -0.000000458. The van der Waals surface area contributed by atoms with Gasteiger partial charge in [-0.1, -0.05) is 166 Å². The van der Waals surface area contributed by atoms with Crippen LogP contribution in [-0.2, 0) is 4.74 Å². The Hall–Kier alpha value is -0.320. The summed E-state index contributed by atoms with van der Waals surface area (Å²) in [7, 11) is 13.0. The van der Waals surface area contributed by atoms with Crippen molar-refractivity contribution in [1.29, 1.82) is 0 Å². The maximum Gasteiger partial charge on any atom is 0.0468 e. The molecular weight excluding hydrogens is 1090 g/mol. The third kappa shape index (κ3) is 49.8. The Labute approximate surface area is 565 Å². The van der Waals surface area contributed by atoms with E-state index in [1.165, 1.54) is 193 Å². The molecule has 542 valence electrons. The Morgan fingerprint density at radius 2 is 0.461 bits per heavy atom. The Kier molecular flexibility index (Phi) is 58.5. The summed E-state index contributed by atoms with van der Waals surface area (Å²) in [5.74, 6) is 7.52. The molecule has 8 rings (SSSR count). The summed E-state index contributed by atoms with van der Waals surface area (Å²) in [6, 6.07) is 4.87. The quantitative estimate of drug-likeness (QED) is 0.189. The van der Waals surface area contributed by atoms with Gasteiger partial charge in [-0.3, -0.25) is 0 Å². The molecule has 0 spiro atoms.